The number of aliphatic carboxylic acids is 1. The van der Waals surface area contributed by atoms with Gasteiger partial charge in [-0.15, -0.1) is 0 Å². The lowest BCUT2D eigenvalue weighted by atomic mass is 9.88. The molecule has 3 saturated heterocycles. The number of ether oxygens (including phenoxy) is 6. The van der Waals surface area contributed by atoms with Crippen molar-refractivity contribution in [3.05, 3.63) is 12.2 Å². The Hall–Kier alpha value is -2.53. The molecule has 0 aromatic rings. The molecule has 3 heterocycles. The molecule has 0 saturated carbocycles. The second-order valence-corrected chi connectivity index (χ2v) is 24.3. The third kappa shape index (κ3) is 27.9. The molecule has 23 nitrogen and oxygen atoms in total. The third-order valence-corrected chi connectivity index (χ3v) is 17.0. The molecule has 3 fully saturated rings. The van der Waals surface area contributed by atoms with Gasteiger partial charge in [-0.05, 0) is 19.3 Å². The van der Waals surface area contributed by atoms with Crippen molar-refractivity contribution >= 4 is 17.8 Å². The number of allylic oxidation sites excluding steroid dienone is 1. The van der Waals surface area contributed by atoms with Crippen LogP contribution in [0.2, 0.25) is 0 Å². The van der Waals surface area contributed by atoms with Crippen molar-refractivity contribution in [1.82, 2.24) is 10.6 Å². The van der Waals surface area contributed by atoms with Crippen LogP contribution in [-0.2, 0) is 42.8 Å². The molecule has 0 radical (unpaired) electrons. The smallest absolute Gasteiger partial charge is 0.364 e. The number of nitrogens with one attached hydrogen (secondary N) is 2. The number of carboxylic acid groups (broad SMARTS) is 1. The summed E-state index contributed by atoms with van der Waals surface area (Å²) in [7, 11) is 0. The van der Waals surface area contributed by atoms with Crippen LogP contribution >= 0.6 is 0 Å². The summed E-state index contributed by atoms with van der Waals surface area (Å²) in [6.07, 6.45) is 11.6. The van der Waals surface area contributed by atoms with Crippen LogP contribution in [0.1, 0.15) is 233 Å². The number of carboxylic acids is 1. The highest BCUT2D eigenvalue weighted by Gasteiger charge is 2.60. The van der Waals surface area contributed by atoms with E-state index >= 15 is 0 Å². The van der Waals surface area contributed by atoms with Crippen LogP contribution in [-0.4, -0.2) is 215 Å². The Morgan fingerprint density at radius 3 is 1.55 bits per heavy atom. The van der Waals surface area contributed by atoms with Gasteiger partial charge in [-0.25, -0.2) is 4.79 Å². The summed E-state index contributed by atoms with van der Waals surface area (Å²) in [5, 5.41) is 135. The lowest BCUT2D eigenvalue weighted by Crippen LogP contribution is -2.70. The van der Waals surface area contributed by atoms with Crippen LogP contribution in [0, 0.1) is 0 Å². The van der Waals surface area contributed by atoms with Gasteiger partial charge in [-0.2, -0.15) is 0 Å². The zero-order valence-corrected chi connectivity index (χ0v) is 52.2. The number of amides is 2. The fraction of sp³-hybridized carbons (Fsp3) is 0.921. The van der Waals surface area contributed by atoms with E-state index in [1.54, 1.807) is 6.08 Å². The predicted molar refractivity (Wildman–Crippen MR) is 320 cm³/mol. The number of carbonyl (C=O) groups is 3. The Kier molecular flexibility index (Phi) is 40.5. The van der Waals surface area contributed by atoms with Gasteiger partial charge in [-0.3, -0.25) is 9.59 Å². The maximum atomic E-state index is 13.4. The summed E-state index contributed by atoms with van der Waals surface area (Å²) < 4.78 is 34.7. The highest BCUT2D eigenvalue weighted by atomic mass is 16.8. The first kappa shape index (κ1) is 77.7. The number of unbranched alkanes of at least 4 members (excludes halogenated alkanes) is 29. The molecule has 3 aliphatic rings. The molecule has 3 rings (SSSR count). The minimum Gasteiger partial charge on any atom is -0.477 e. The number of aliphatic hydroxyl groups is 11. The predicted octanol–water partition coefficient (Wildman–Crippen LogP) is 4.73. The summed E-state index contributed by atoms with van der Waals surface area (Å²) in [5.74, 6) is -6.14. The average molecular weight is 1240 g/mol. The summed E-state index contributed by atoms with van der Waals surface area (Å²) in [6, 6.07) is -2.61. The molecule has 0 aliphatic carbocycles. The fourth-order valence-electron chi connectivity index (χ4n) is 11.6. The minimum absolute atomic E-state index is 0.204. The highest BCUT2D eigenvalue weighted by Crippen LogP contribution is 2.38. The van der Waals surface area contributed by atoms with E-state index in [1.807, 2.05) is 6.08 Å². The van der Waals surface area contributed by atoms with Gasteiger partial charge in [0.25, 0.3) is 5.79 Å². The minimum atomic E-state index is -3.08. The lowest BCUT2D eigenvalue weighted by Gasteiger charge is -2.50. The maximum Gasteiger partial charge on any atom is 0.364 e. The standard InChI is InChI=1S/C63H116N2O21/c1-4-6-8-10-12-14-15-16-17-18-19-20-21-22-23-24-25-26-27-29-31-33-35-37-50(73)65-44(45(70)36-34-32-30-28-13-11-9-7-5-2)42-81-60-55(77)54(76)57(49(41-68)83-60)84-61-56(78)59(53(75)48(40-67)82-61)86-63(62(79)80)38-46(71)51(64-43(3)69)58(85-63)52(74)47(72)39-66/h34,36,44-49,51-61,66-68,70-72,74-78H,4-33,35,37-42H2,1-3H3,(H,64,69)(H,65,73)(H,79,80)/b36-34+. The largest absolute Gasteiger partial charge is 0.477 e. The van der Waals surface area contributed by atoms with E-state index < -0.39 is 155 Å². The topological polar surface area (TPSA) is 373 Å². The fourth-order valence-corrected chi connectivity index (χ4v) is 11.6. The average Bonchev–Trinajstić information content (AvgIpc) is 0.920. The number of aliphatic hydroxyl groups excluding tert-OH is 11. The number of carbonyl (C=O) groups excluding carboxylic acids is 2. The Labute approximate surface area is 511 Å². The normalized spacial score (nSPS) is 29.4. The summed E-state index contributed by atoms with van der Waals surface area (Å²) in [4.78, 5) is 38.4. The molecule has 0 spiro atoms. The highest BCUT2D eigenvalue weighted by molar-refractivity contribution is 5.77. The van der Waals surface area contributed by atoms with Gasteiger partial charge < -0.3 is 100 Å². The van der Waals surface area contributed by atoms with E-state index in [0.29, 0.717) is 12.8 Å². The van der Waals surface area contributed by atoms with Crippen molar-refractivity contribution in [1.29, 1.82) is 0 Å². The second-order valence-electron chi connectivity index (χ2n) is 24.3. The first-order valence-corrected chi connectivity index (χ1v) is 33.1. The third-order valence-electron chi connectivity index (χ3n) is 17.0. The van der Waals surface area contributed by atoms with Crippen LogP contribution < -0.4 is 10.6 Å². The van der Waals surface area contributed by atoms with E-state index in [9.17, 15) is 75.7 Å². The summed E-state index contributed by atoms with van der Waals surface area (Å²) in [6.45, 7) is 2.09. The maximum absolute atomic E-state index is 13.4. The Morgan fingerprint density at radius 2 is 1.08 bits per heavy atom. The molecule has 18 unspecified atom stereocenters. The second kappa shape index (κ2) is 44.9. The van der Waals surface area contributed by atoms with E-state index in [2.05, 4.69) is 24.5 Å². The number of hydrogen-bond acceptors (Lipinski definition) is 20. The van der Waals surface area contributed by atoms with Crippen molar-refractivity contribution < 1.29 is 104 Å². The van der Waals surface area contributed by atoms with Crippen molar-refractivity contribution in [3.63, 3.8) is 0 Å². The number of rotatable bonds is 49. The van der Waals surface area contributed by atoms with Crippen LogP contribution in [0.25, 0.3) is 0 Å². The first-order valence-electron chi connectivity index (χ1n) is 33.1. The number of hydrogen-bond donors (Lipinski definition) is 14. The van der Waals surface area contributed by atoms with E-state index in [4.69, 9.17) is 28.4 Å². The van der Waals surface area contributed by atoms with Crippen LogP contribution in [0.3, 0.4) is 0 Å². The Morgan fingerprint density at radius 1 is 0.605 bits per heavy atom. The van der Waals surface area contributed by atoms with Gasteiger partial charge in [0.05, 0.1) is 50.7 Å². The van der Waals surface area contributed by atoms with Crippen molar-refractivity contribution in [3.8, 4) is 0 Å². The van der Waals surface area contributed by atoms with Gasteiger partial charge >= 0.3 is 5.97 Å². The zero-order valence-electron chi connectivity index (χ0n) is 52.2. The Balaban J connectivity index is 1.56. The zero-order chi connectivity index (χ0) is 63.3. The molecular weight excluding hydrogens is 1120 g/mol. The van der Waals surface area contributed by atoms with Crippen LogP contribution in [0.5, 0.6) is 0 Å². The van der Waals surface area contributed by atoms with Crippen LogP contribution in [0.15, 0.2) is 12.2 Å². The quantitative estimate of drug-likeness (QED) is 0.0289. The molecule has 504 valence electrons. The van der Waals surface area contributed by atoms with Crippen molar-refractivity contribution in [2.45, 2.75) is 342 Å². The molecular formula is C63H116N2O21. The van der Waals surface area contributed by atoms with Gasteiger partial charge in [0.1, 0.15) is 67.1 Å². The molecule has 0 bridgehead atoms. The van der Waals surface area contributed by atoms with Gasteiger partial charge in [0.15, 0.2) is 12.6 Å². The van der Waals surface area contributed by atoms with Crippen molar-refractivity contribution in [2.75, 3.05) is 26.4 Å². The molecule has 18 atom stereocenters. The van der Waals surface area contributed by atoms with Crippen molar-refractivity contribution in [2.24, 2.45) is 0 Å². The molecule has 86 heavy (non-hydrogen) atoms. The van der Waals surface area contributed by atoms with Crippen LogP contribution in [0.4, 0.5) is 0 Å². The van der Waals surface area contributed by atoms with E-state index in [-0.39, 0.29) is 12.3 Å². The molecule has 3 aliphatic heterocycles. The van der Waals surface area contributed by atoms with Gasteiger partial charge in [0.2, 0.25) is 11.8 Å². The first-order chi connectivity index (χ1) is 41.4. The Bertz CT molecular complexity index is 1810. The SMILES string of the molecule is CCCCCCCCC/C=C/C(O)C(COC1OC(CO)C(OC2OC(CO)C(O)C(OC3(C(=O)O)CC(O)C(NC(C)=O)C(C(O)C(O)CO)O3)C2O)C(O)C1O)NC(=O)CCCCCCCCCCCCCCCCCCCCCCCCC. The summed E-state index contributed by atoms with van der Waals surface area (Å²) in [5.41, 5.74) is 0. The molecule has 0 aromatic heterocycles. The summed E-state index contributed by atoms with van der Waals surface area (Å²) >= 11 is 0. The van der Waals surface area contributed by atoms with E-state index in [0.717, 1.165) is 64.7 Å². The van der Waals surface area contributed by atoms with Gasteiger partial charge in [-0.1, -0.05) is 206 Å². The monoisotopic (exact) mass is 1240 g/mol. The molecule has 23 heteroatoms. The molecule has 14 N–H and O–H groups in total. The molecule has 0 aromatic carbocycles. The van der Waals surface area contributed by atoms with Gasteiger partial charge in [0, 0.05) is 19.8 Å². The molecule has 2 amide bonds. The van der Waals surface area contributed by atoms with E-state index in [1.165, 1.54) is 128 Å². The lowest BCUT2D eigenvalue weighted by molar-refractivity contribution is -0.386.